The third-order valence-corrected chi connectivity index (χ3v) is 4.89. The van der Waals surface area contributed by atoms with Crippen LogP contribution in [0.1, 0.15) is 6.42 Å². The second-order valence-corrected chi connectivity index (χ2v) is 7.04. The Bertz CT molecular complexity index is 978. The highest BCUT2D eigenvalue weighted by atomic mass is 32.2. The van der Waals surface area contributed by atoms with Gasteiger partial charge in [0, 0.05) is 22.6 Å². The highest BCUT2D eigenvalue weighted by Crippen LogP contribution is 2.34. The summed E-state index contributed by atoms with van der Waals surface area (Å²) in [7, 11) is 0. The van der Waals surface area contributed by atoms with Gasteiger partial charge in [0.25, 0.3) is 0 Å². The van der Waals surface area contributed by atoms with Gasteiger partial charge in [-0.1, -0.05) is 5.10 Å². The van der Waals surface area contributed by atoms with Crippen molar-refractivity contribution in [3.05, 3.63) is 48.3 Å². The van der Waals surface area contributed by atoms with Gasteiger partial charge in [0.1, 0.15) is 19.0 Å². The maximum absolute atomic E-state index is 12.9. The van der Waals surface area contributed by atoms with Crippen LogP contribution in [-0.4, -0.2) is 35.1 Å². The van der Waals surface area contributed by atoms with Gasteiger partial charge in [0.15, 0.2) is 11.5 Å². The third kappa shape index (κ3) is 4.42. The van der Waals surface area contributed by atoms with Crippen molar-refractivity contribution < 1.29 is 23.1 Å². The number of halogens is 1. The molecule has 0 aliphatic carbocycles. The van der Waals surface area contributed by atoms with Gasteiger partial charge in [0.05, 0.1) is 0 Å². The molecule has 0 spiro atoms. The van der Waals surface area contributed by atoms with Gasteiger partial charge in [-0.3, -0.25) is 10.1 Å². The predicted octanol–water partition coefficient (Wildman–Crippen LogP) is 3.77. The average molecular weight is 401 g/mol. The molecule has 4 rings (SSSR count). The topological polar surface area (TPSA) is 86.5 Å². The first-order chi connectivity index (χ1) is 13.7. The molecule has 144 valence electrons. The minimum absolute atomic E-state index is 0.0293. The van der Waals surface area contributed by atoms with Gasteiger partial charge >= 0.3 is 6.01 Å². The molecule has 1 aliphatic heterocycles. The molecule has 0 atom stereocenters. The number of nitrogens with zero attached hydrogens (tertiary/aromatic N) is 2. The summed E-state index contributed by atoms with van der Waals surface area (Å²) in [4.78, 5) is 12.9. The normalized spacial score (nSPS) is 12.6. The summed E-state index contributed by atoms with van der Waals surface area (Å²) in [5.41, 5.74) is 0.670. The van der Waals surface area contributed by atoms with Gasteiger partial charge < -0.3 is 13.9 Å². The lowest BCUT2D eigenvalue weighted by molar-refractivity contribution is -0.115. The maximum atomic E-state index is 12.9. The predicted molar refractivity (Wildman–Crippen MR) is 101 cm³/mol. The smallest absolute Gasteiger partial charge is 0.322 e. The van der Waals surface area contributed by atoms with Crippen molar-refractivity contribution in [3.63, 3.8) is 0 Å². The molecule has 0 fully saturated rings. The minimum atomic E-state index is -0.285. The number of hydrogen-bond acceptors (Lipinski definition) is 7. The zero-order valence-electron chi connectivity index (χ0n) is 14.7. The van der Waals surface area contributed by atoms with Crippen LogP contribution in [0.2, 0.25) is 0 Å². The summed E-state index contributed by atoms with van der Waals surface area (Å²) < 4.78 is 29.4. The Morgan fingerprint density at radius 1 is 1.07 bits per heavy atom. The summed E-state index contributed by atoms with van der Waals surface area (Å²) >= 11 is 1.46. The molecule has 2 heterocycles. The summed E-state index contributed by atoms with van der Waals surface area (Å²) in [6.07, 6.45) is 0.254. The van der Waals surface area contributed by atoms with Crippen molar-refractivity contribution in [1.29, 1.82) is 0 Å². The van der Waals surface area contributed by atoms with Crippen molar-refractivity contribution in [2.75, 3.05) is 24.3 Å². The van der Waals surface area contributed by atoms with E-state index >= 15 is 0 Å². The molecule has 0 saturated heterocycles. The lowest BCUT2D eigenvalue weighted by Gasteiger charge is -2.18. The zero-order valence-corrected chi connectivity index (χ0v) is 15.5. The van der Waals surface area contributed by atoms with Crippen molar-refractivity contribution in [1.82, 2.24) is 10.2 Å². The van der Waals surface area contributed by atoms with E-state index in [0.717, 1.165) is 4.90 Å². The Labute approximate surface area is 164 Å². The number of fused-ring (bicyclic) bond motifs is 1. The molecule has 7 nitrogen and oxygen atoms in total. The molecule has 0 saturated carbocycles. The molecule has 1 aromatic heterocycles. The number of carbonyl (C=O) groups excluding carboxylic acids is 1. The van der Waals surface area contributed by atoms with E-state index in [9.17, 15) is 9.18 Å². The Morgan fingerprint density at radius 3 is 2.68 bits per heavy atom. The van der Waals surface area contributed by atoms with E-state index in [2.05, 4.69) is 15.5 Å². The van der Waals surface area contributed by atoms with Crippen molar-refractivity contribution in [2.24, 2.45) is 0 Å². The number of hydrogen-bond donors (Lipinski definition) is 1. The fraction of sp³-hybridized carbons (Fsp3) is 0.211. The summed E-state index contributed by atoms with van der Waals surface area (Å²) in [5.74, 6) is 1.57. The number of carbonyl (C=O) groups is 1. The fourth-order valence-corrected chi connectivity index (χ4v) is 3.39. The standard InChI is InChI=1S/C19H16FN3O4S/c20-13-2-4-14(5-3-13)28-10-7-17(24)21-19-23-22-18(27-19)12-1-6-15-16(11-12)26-9-8-25-15/h1-6,11H,7-10H2,(H,21,23,24). The van der Waals surface area contributed by atoms with E-state index < -0.39 is 0 Å². The Balaban J connectivity index is 1.31. The van der Waals surface area contributed by atoms with Crippen molar-refractivity contribution >= 4 is 23.7 Å². The van der Waals surface area contributed by atoms with Crippen LogP contribution >= 0.6 is 11.8 Å². The lowest BCUT2D eigenvalue weighted by Crippen LogP contribution is -2.15. The minimum Gasteiger partial charge on any atom is -0.486 e. The van der Waals surface area contributed by atoms with Crippen molar-refractivity contribution in [2.45, 2.75) is 11.3 Å². The zero-order chi connectivity index (χ0) is 19.3. The van der Waals surface area contributed by atoms with Gasteiger partial charge in [-0.2, -0.15) is 0 Å². The van der Waals surface area contributed by atoms with Crippen LogP contribution in [0.5, 0.6) is 11.5 Å². The Morgan fingerprint density at radius 2 is 1.86 bits per heavy atom. The van der Waals surface area contributed by atoms with Crippen LogP contribution in [0.3, 0.4) is 0 Å². The molecular formula is C19H16FN3O4S. The average Bonchev–Trinajstić information content (AvgIpc) is 3.17. The van der Waals surface area contributed by atoms with Gasteiger partial charge in [0.2, 0.25) is 11.8 Å². The quantitative estimate of drug-likeness (QED) is 0.629. The molecule has 0 radical (unpaired) electrons. The molecule has 3 aromatic rings. The fourth-order valence-electron chi connectivity index (χ4n) is 2.54. The van der Waals surface area contributed by atoms with Crippen LogP contribution in [0.4, 0.5) is 10.4 Å². The van der Waals surface area contributed by atoms with Gasteiger partial charge in [-0.15, -0.1) is 16.9 Å². The summed E-state index contributed by atoms with van der Waals surface area (Å²) in [6, 6.07) is 11.5. The number of thioether (sulfide) groups is 1. The lowest BCUT2D eigenvalue weighted by atomic mass is 10.2. The van der Waals surface area contributed by atoms with Crippen LogP contribution in [0, 0.1) is 5.82 Å². The number of benzene rings is 2. The number of nitrogens with one attached hydrogen (secondary N) is 1. The van der Waals surface area contributed by atoms with Gasteiger partial charge in [-0.05, 0) is 42.5 Å². The van der Waals surface area contributed by atoms with E-state index in [-0.39, 0.29) is 30.1 Å². The van der Waals surface area contributed by atoms with Crippen LogP contribution in [0.25, 0.3) is 11.5 Å². The first-order valence-electron chi connectivity index (χ1n) is 8.59. The molecule has 28 heavy (non-hydrogen) atoms. The monoisotopic (exact) mass is 401 g/mol. The van der Waals surface area contributed by atoms with E-state index in [1.54, 1.807) is 30.3 Å². The Kier molecular flexibility index (Phi) is 5.43. The number of amides is 1. The van der Waals surface area contributed by atoms with Crippen LogP contribution in [0.15, 0.2) is 51.8 Å². The second-order valence-electron chi connectivity index (χ2n) is 5.87. The van der Waals surface area contributed by atoms with E-state index in [0.29, 0.717) is 36.0 Å². The summed E-state index contributed by atoms with van der Waals surface area (Å²) in [6.45, 7) is 1.00. The second kappa shape index (κ2) is 8.30. The SMILES string of the molecule is O=C(CCSc1ccc(F)cc1)Nc1nnc(-c2ccc3c(c2)OCCO3)o1. The highest BCUT2D eigenvalue weighted by Gasteiger charge is 2.16. The van der Waals surface area contributed by atoms with Gasteiger partial charge in [-0.25, -0.2) is 4.39 Å². The third-order valence-electron chi connectivity index (χ3n) is 3.87. The maximum Gasteiger partial charge on any atom is 0.322 e. The highest BCUT2D eigenvalue weighted by molar-refractivity contribution is 7.99. The molecule has 1 N–H and O–H groups in total. The molecule has 1 amide bonds. The van der Waals surface area contributed by atoms with Crippen LogP contribution < -0.4 is 14.8 Å². The summed E-state index contributed by atoms with van der Waals surface area (Å²) in [5, 5.41) is 10.4. The molecule has 1 aliphatic rings. The van der Waals surface area contributed by atoms with E-state index in [1.165, 1.54) is 23.9 Å². The number of rotatable bonds is 6. The van der Waals surface area contributed by atoms with E-state index in [1.807, 2.05) is 0 Å². The molecule has 2 aromatic carbocycles. The first-order valence-corrected chi connectivity index (χ1v) is 9.58. The Hall–Kier alpha value is -3.07. The molecule has 0 bridgehead atoms. The largest absolute Gasteiger partial charge is 0.486 e. The number of anilines is 1. The number of aromatic nitrogens is 2. The van der Waals surface area contributed by atoms with Crippen LogP contribution in [-0.2, 0) is 4.79 Å². The number of ether oxygens (including phenoxy) is 2. The van der Waals surface area contributed by atoms with Crippen molar-refractivity contribution in [3.8, 4) is 23.0 Å². The molecule has 0 unspecified atom stereocenters. The molecular weight excluding hydrogens is 385 g/mol. The molecule has 9 heteroatoms. The van der Waals surface area contributed by atoms with E-state index in [4.69, 9.17) is 13.9 Å². The first kappa shape index (κ1) is 18.3.